The molecule has 2 heterocycles. The second-order valence-electron chi connectivity index (χ2n) is 7.56. The third-order valence-corrected chi connectivity index (χ3v) is 5.46. The minimum atomic E-state index is -5.34. The molecule has 1 saturated heterocycles. The Morgan fingerprint density at radius 2 is 1.90 bits per heavy atom. The average Bonchev–Trinajstić information content (AvgIpc) is 2.96. The SMILES string of the molecule is CCCCC(=O)NC1(C(F)(F)F)C(=O)N=C2C1C(=O)NC(=O)N2c1ccc(C)c(C)c1. The van der Waals surface area contributed by atoms with E-state index in [-0.39, 0.29) is 12.1 Å². The number of aliphatic imine (C=N–C) groups is 1. The zero-order chi connectivity index (χ0) is 23.1. The molecular weight excluding hydrogens is 417 g/mol. The summed E-state index contributed by atoms with van der Waals surface area (Å²) in [5.41, 5.74) is -1.85. The molecule has 2 aliphatic rings. The highest BCUT2D eigenvalue weighted by molar-refractivity contribution is 6.35. The van der Waals surface area contributed by atoms with Crippen molar-refractivity contribution in [3.63, 3.8) is 0 Å². The summed E-state index contributed by atoms with van der Waals surface area (Å²) >= 11 is 0. The number of anilines is 1. The van der Waals surface area contributed by atoms with Gasteiger partial charge in [0.05, 0.1) is 5.69 Å². The molecule has 0 bridgehead atoms. The van der Waals surface area contributed by atoms with E-state index in [0.29, 0.717) is 12.8 Å². The minimum absolute atomic E-state index is 0.139. The normalized spacial score (nSPS) is 23.4. The monoisotopic (exact) mass is 438 g/mol. The smallest absolute Gasteiger partial charge is 0.333 e. The average molecular weight is 438 g/mol. The number of alkyl halides is 3. The van der Waals surface area contributed by atoms with Crippen molar-refractivity contribution >= 4 is 35.3 Å². The summed E-state index contributed by atoms with van der Waals surface area (Å²) in [5, 5.41) is 3.59. The Morgan fingerprint density at radius 3 is 2.48 bits per heavy atom. The molecule has 5 amide bonds. The van der Waals surface area contributed by atoms with Gasteiger partial charge in [-0.15, -0.1) is 0 Å². The maximum absolute atomic E-state index is 14.2. The number of imide groups is 1. The lowest BCUT2D eigenvalue weighted by molar-refractivity contribution is -0.205. The Labute approximate surface area is 175 Å². The molecule has 2 N–H and O–H groups in total. The maximum atomic E-state index is 14.2. The first kappa shape index (κ1) is 22.4. The second kappa shape index (κ2) is 7.78. The molecule has 0 saturated carbocycles. The summed E-state index contributed by atoms with van der Waals surface area (Å²) in [4.78, 5) is 54.1. The van der Waals surface area contributed by atoms with Crippen molar-refractivity contribution in [3.05, 3.63) is 29.3 Å². The van der Waals surface area contributed by atoms with Crippen LogP contribution in [0.25, 0.3) is 0 Å². The van der Waals surface area contributed by atoms with Gasteiger partial charge < -0.3 is 5.32 Å². The summed E-state index contributed by atoms with van der Waals surface area (Å²) in [5.74, 6) is -7.06. The maximum Gasteiger partial charge on any atom is 0.422 e. The van der Waals surface area contributed by atoms with Crippen molar-refractivity contribution in [2.24, 2.45) is 10.9 Å². The Bertz CT molecular complexity index is 1000. The molecule has 31 heavy (non-hydrogen) atoms. The fraction of sp³-hybridized carbons (Fsp3) is 0.450. The lowest BCUT2D eigenvalue weighted by atomic mass is 9.81. The highest BCUT2D eigenvalue weighted by Gasteiger charge is 2.73. The van der Waals surface area contributed by atoms with E-state index >= 15 is 0 Å². The van der Waals surface area contributed by atoms with Crippen molar-refractivity contribution < 1.29 is 32.3 Å². The van der Waals surface area contributed by atoms with Gasteiger partial charge >= 0.3 is 12.2 Å². The number of halogens is 3. The van der Waals surface area contributed by atoms with Gasteiger partial charge in [-0.05, 0) is 43.5 Å². The summed E-state index contributed by atoms with van der Waals surface area (Å²) in [6, 6.07) is 3.60. The number of unbranched alkanes of at least 4 members (excludes halogenated alkanes) is 1. The van der Waals surface area contributed by atoms with Crippen molar-refractivity contribution in [3.8, 4) is 0 Å². The quantitative estimate of drug-likeness (QED) is 0.737. The first-order chi connectivity index (χ1) is 14.4. The zero-order valence-corrected chi connectivity index (χ0v) is 17.1. The number of carbonyl (C=O) groups excluding carboxylic acids is 4. The molecule has 0 aromatic heterocycles. The van der Waals surface area contributed by atoms with E-state index < -0.39 is 47.2 Å². The molecule has 166 valence electrons. The number of hydrogen-bond acceptors (Lipinski definition) is 4. The summed E-state index contributed by atoms with van der Waals surface area (Å²) in [6.07, 6.45) is -4.76. The van der Waals surface area contributed by atoms with Gasteiger partial charge in [-0.25, -0.2) is 9.69 Å². The van der Waals surface area contributed by atoms with E-state index in [1.165, 1.54) is 12.1 Å². The Morgan fingerprint density at radius 1 is 1.23 bits per heavy atom. The van der Waals surface area contributed by atoms with E-state index in [1.54, 1.807) is 32.2 Å². The van der Waals surface area contributed by atoms with Gasteiger partial charge in [0.1, 0.15) is 11.8 Å². The van der Waals surface area contributed by atoms with E-state index in [4.69, 9.17) is 0 Å². The minimum Gasteiger partial charge on any atom is -0.333 e. The van der Waals surface area contributed by atoms with Gasteiger partial charge in [0.25, 0.3) is 5.91 Å². The summed E-state index contributed by atoms with van der Waals surface area (Å²) < 4.78 is 42.7. The molecule has 11 heteroatoms. The number of amides is 5. The van der Waals surface area contributed by atoms with Gasteiger partial charge in [-0.1, -0.05) is 19.4 Å². The van der Waals surface area contributed by atoms with Crippen molar-refractivity contribution in [2.75, 3.05) is 4.90 Å². The van der Waals surface area contributed by atoms with Gasteiger partial charge in [-0.3, -0.25) is 19.7 Å². The van der Waals surface area contributed by atoms with Crippen LogP contribution in [0.2, 0.25) is 0 Å². The summed E-state index contributed by atoms with van der Waals surface area (Å²) in [6.45, 7) is 5.29. The number of carbonyl (C=O) groups is 4. The van der Waals surface area contributed by atoms with Crippen molar-refractivity contribution in [1.82, 2.24) is 10.6 Å². The van der Waals surface area contributed by atoms with E-state index in [0.717, 1.165) is 16.0 Å². The lowest BCUT2D eigenvalue weighted by Crippen LogP contribution is -2.72. The lowest BCUT2D eigenvalue weighted by Gasteiger charge is -2.39. The van der Waals surface area contributed by atoms with Crippen LogP contribution in [0.5, 0.6) is 0 Å². The third-order valence-electron chi connectivity index (χ3n) is 5.46. The fourth-order valence-electron chi connectivity index (χ4n) is 3.62. The number of hydrogen-bond donors (Lipinski definition) is 2. The molecule has 2 unspecified atom stereocenters. The first-order valence-corrected chi connectivity index (χ1v) is 9.67. The molecule has 1 aromatic rings. The molecule has 2 atom stereocenters. The predicted molar refractivity (Wildman–Crippen MR) is 104 cm³/mol. The molecule has 0 spiro atoms. The topological polar surface area (TPSA) is 108 Å². The highest BCUT2D eigenvalue weighted by atomic mass is 19.4. The van der Waals surface area contributed by atoms with E-state index in [9.17, 15) is 32.3 Å². The van der Waals surface area contributed by atoms with Crippen LogP contribution in [-0.2, 0) is 14.4 Å². The van der Waals surface area contributed by atoms with Crippen LogP contribution >= 0.6 is 0 Å². The number of amidine groups is 1. The van der Waals surface area contributed by atoms with Gasteiger partial charge in [-0.2, -0.15) is 18.2 Å². The van der Waals surface area contributed by atoms with Crippen LogP contribution in [-0.4, -0.2) is 41.3 Å². The van der Waals surface area contributed by atoms with E-state index in [2.05, 4.69) is 4.99 Å². The number of aryl methyl sites for hydroxylation is 2. The van der Waals surface area contributed by atoms with Crippen molar-refractivity contribution in [2.45, 2.75) is 51.7 Å². The number of fused-ring (bicyclic) bond motifs is 1. The first-order valence-electron chi connectivity index (χ1n) is 9.67. The van der Waals surface area contributed by atoms with Gasteiger partial charge in [0.15, 0.2) is 0 Å². The number of urea groups is 1. The molecule has 1 fully saturated rings. The van der Waals surface area contributed by atoms with Gasteiger partial charge in [0.2, 0.25) is 17.4 Å². The largest absolute Gasteiger partial charge is 0.422 e. The highest BCUT2D eigenvalue weighted by Crippen LogP contribution is 2.44. The molecule has 2 aliphatic heterocycles. The van der Waals surface area contributed by atoms with Crippen LogP contribution in [0.15, 0.2) is 23.2 Å². The standard InChI is InChI=1S/C20H21F3N4O4/c1-4-5-6-13(28)26-19(20(21,22)23)14-15(24-17(19)30)27(18(31)25-16(14)29)12-8-7-10(2)11(3)9-12/h7-9,14H,4-6H2,1-3H3,(H,26,28)(H,25,29,31). The third kappa shape index (κ3) is 3.57. The van der Waals surface area contributed by atoms with Gasteiger partial charge in [0, 0.05) is 6.42 Å². The Balaban J connectivity index is 2.11. The predicted octanol–water partition coefficient (Wildman–Crippen LogP) is 2.52. The number of nitrogens with one attached hydrogen (secondary N) is 2. The Hall–Kier alpha value is -3.24. The molecule has 8 nitrogen and oxygen atoms in total. The number of rotatable bonds is 5. The van der Waals surface area contributed by atoms with Crippen LogP contribution in [0.4, 0.5) is 23.7 Å². The van der Waals surface area contributed by atoms with Crippen molar-refractivity contribution in [1.29, 1.82) is 0 Å². The van der Waals surface area contributed by atoms with Crippen LogP contribution in [0.1, 0.15) is 37.3 Å². The fourth-order valence-corrected chi connectivity index (χ4v) is 3.62. The van der Waals surface area contributed by atoms with Crippen LogP contribution < -0.4 is 15.5 Å². The number of benzene rings is 1. The molecule has 1 aromatic carbocycles. The summed E-state index contributed by atoms with van der Waals surface area (Å²) in [7, 11) is 0. The second-order valence-corrected chi connectivity index (χ2v) is 7.56. The van der Waals surface area contributed by atoms with E-state index in [1.807, 2.05) is 5.32 Å². The molecular formula is C20H21F3N4O4. The zero-order valence-electron chi connectivity index (χ0n) is 17.1. The Kier molecular flexibility index (Phi) is 5.64. The molecule has 0 radical (unpaired) electrons. The van der Waals surface area contributed by atoms with Crippen LogP contribution in [0.3, 0.4) is 0 Å². The number of nitrogens with zero attached hydrogens (tertiary/aromatic N) is 2. The molecule has 3 rings (SSSR count). The molecule has 0 aliphatic carbocycles. The van der Waals surface area contributed by atoms with Crippen LogP contribution in [0, 0.1) is 19.8 Å².